The van der Waals surface area contributed by atoms with E-state index >= 15 is 4.39 Å². The summed E-state index contributed by atoms with van der Waals surface area (Å²) in [6.07, 6.45) is 5.97. The van der Waals surface area contributed by atoms with Crippen molar-refractivity contribution in [2.45, 2.75) is 36.9 Å². The van der Waals surface area contributed by atoms with Crippen molar-refractivity contribution in [3.8, 4) is 6.01 Å². The monoisotopic (exact) mass is 637 g/mol. The van der Waals surface area contributed by atoms with Crippen molar-refractivity contribution in [2.24, 2.45) is 0 Å². The summed E-state index contributed by atoms with van der Waals surface area (Å²) in [4.78, 5) is 13.6. The molecule has 3 atom stereocenters. The van der Waals surface area contributed by atoms with E-state index in [0.717, 1.165) is 75.4 Å². The van der Waals surface area contributed by atoms with Crippen LogP contribution < -0.4 is 10.1 Å². The molecule has 3 fully saturated rings. The number of nitrogens with one attached hydrogen (secondary N) is 1. The maximum Gasteiger partial charge on any atom is 0.316 e. The zero-order valence-electron chi connectivity index (χ0n) is 23.1. The largest absolute Gasteiger partial charge is 0.462 e. The predicted molar refractivity (Wildman–Crippen MR) is 165 cm³/mol. The summed E-state index contributed by atoms with van der Waals surface area (Å²) >= 11 is 6.31. The first kappa shape index (κ1) is 31.2. The lowest BCUT2D eigenvalue weighted by Gasteiger charge is -2.41. The summed E-state index contributed by atoms with van der Waals surface area (Å²) in [5.41, 5.74) is 1.96. The Morgan fingerprint density at radius 1 is 1.12 bits per heavy atom. The zero-order chi connectivity index (χ0) is 27.3. The number of morpholine rings is 1. The van der Waals surface area contributed by atoms with Gasteiger partial charge in [0.1, 0.15) is 18.0 Å². The number of hydrogen-bond donors (Lipinski definition) is 2. The maximum atomic E-state index is 15.4. The van der Waals surface area contributed by atoms with Gasteiger partial charge in [0.25, 0.3) is 0 Å². The molecule has 2 bridgehead atoms. The van der Waals surface area contributed by atoms with E-state index in [1.807, 2.05) is 30.3 Å². The summed E-state index contributed by atoms with van der Waals surface area (Å²) in [5, 5.41) is 17.0. The number of piperazine rings is 1. The molecule has 1 aliphatic carbocycles. The van der Waals surface area contributed by atoms with E-state index in [1.54, 1.807) is 6.20 Å². The van der Waals surface area contributed by atoms with E-state index in [-0.39, 0.29) is 31.2 Å². The van der Waals surface area contributed by atoms with Crippen LogP contribution >= 0.6 is 36.4 Å². The van der Waals surface area contributed by atoms with Crippen LogP contribution in [0.5, 0.6) is 6.01 Å². The molecule has 8 nitrogen and oxygen atoms in total. The molecule has 0 radical (unpaired) electrons. The smallest absolute Gasteiger partial charge is 0.316 e. The van der Waals surface area contributed by atoms with Crippen molar-refractivity contribution in [1.29, 1.82) is 0 Å². The van der Waals surface area contributed by atoms with Crippen molar-refractivity contribution < 1.29 is 19.0 Å². The van der Waals surface area contributed by atoms with Crippen molar-refractivity contribution in [2.75, 3.05) is 52.5 Å². The number of halogens is 4. The van der Waals surface area contributed by atoms with Gasteiger partial charge in [0.15, 0.2) is 0 Å². The number of hydrogen-bond acceptors (Lipinski definition) is 8. The molecule has 0 amide bonds. The highest BCUT2D eigenvalue weighted by Crippen LogP contribution is 2.43. The molecule has 3 aliphatic heterocycles. The summed E-state index contributed by atoms with van der Waals surface area (Å²) in [5.74, 6) is -0.399. The van der Waals surface area contributed by atoms with Gasteiger partial charge in [-0.15, -0.1) is 24.8 Å². The van der Waals surface area contributed by atoms with Gasteiger partial charge in [0.2, 0.25) is 0 Å². The number of benzene rings is 2. The van der Waals surface area contributed by atoms with Crippen LogP contribution in [0.2, 0.25) is 5.02 Å². The van der Waals surface area contributed by atoms with Crippen LogP contribution in [0.25, 0.3) is 16.6 Å². The molecule has 2 N–H and O–H groups in total. The van der Waals surface area contributed by atoms with Crippen LogP contribution in [0, 0.1) is 5.82 Å². The molecule has 2 aromatic carbocycles. The number of likely N-dealkylation sites (tertiary alicyclic amines) is 1. The first-order chi connectivity index (χ1) is 19.4. The van der Waals surface area contributed by atoms with Crippen LogP contribution in [0.4, 0.5) is 4.39 Å². The van der Waals surface area contributed by atoms with Crippen LogP contribution in [-0.2, 0) is 16.8 Å². The Balaban J connectivity index is 0.00000176. The molecular formula is C30H35Cl3FN5O3. The SMILES string of the molecule is Cl.Cl.O[C@]1(c2ccc3cnc(OCCN4CCOCC4)nc3c2)C=C(N2C[C@H]3CC[C@@H](C2)N3)c2cc(Cl)cc(F)c2C1. The minimum Gasteiger partial charge on any atom is -0.462 e. The first-order valence-corrected chi connectivity index (χ1v) is 14.5. The molecule has 3 aromatic rings. The Hall–Kier alpha value is -2.24. The van der Waals surface area contributed by atoms with Gasteiger partial charge in [-0.25, -0.2) is 9.37 Å². The number of aliphatic hydroxyl groups is 1. The van der Waals surface area contributed by atoms with Gasteiger partial charge in [-0.1, -0.05) is 23.7 Å². The number of ether oxygens (including phenoxy) is 2. The van der Waals surface area contributed by atoms with E-state index in [4.69, 9.17) is 21.1 Å². The molecule has 42 heavy (non-hydrogen) atoms. The Kier molecular flexibility index (Phi) is 9.49. The quantitative estimate of drug-likeness (QED) is 0.416. The number of aromatic nitrogens is 2. The molecule has 4 heterocycles. The molecule has 226 valence electrons. The fraction of sp³-hybridized carbons (Fsp3) is 0.467. The van der Waals surface area contributed by atoms with Gasteiger partial charge in [0.05, 0.1) is 18.7 Å². The Morgan fingerprint density at radius 3 is 2.64 bits per heavy atom. The Labute approximate surface area is 262 Å². The summed E-state index contributed by atoms with van der Waals surface area (Å²) in [7, 11) is 0. The maximum absolute atomic E-state index is 15.4. The topological polar surface area (TPSA) is 83.0 Å². The number of nitrogens with zero attached hydrogens (tertiary/aromatic N) is 4. The van der Waals surface area contributed by atoms with Gasteiger partial charge < -0.3 is 24.8 Å². The second kappa shape index (κ2) is 12.8. The van der Waals surface area contributed by atoms with E-state index in [1.165, 1.54) is 6.07 Å². The second-order valence-corrected chi connectivity index (χ2v) is 11.8. The first-order valence-electron chi connectivity index (χ1n) is 14.1. The Bertz CT molecular complexity index is 1460. The van der Waals surface area contributed by atoms with Gasteiger partial charge in [-0.2, -0.15) is 4.98 Å². The molecule has 0 spiro atoms. The second-order valence-electron chi connectivity index (χ2n) is 11.3. The van der Waals surface area contributed by atoms with Crippen LogP contribution in [0.15, 0.2) is 42.6 Å². The lowest BCUT2D eigenvalue weighted by Crippen LogP contribution is -2.51. The average Bonchev–Trinajstić information content (AvgIpc) is 3.30. The average molecular weight is 639 g/mol. The summed E-state index contributed by atoms with van der Waals surface area (Å²) in [6.45, 7) is 6.14. The lowest BCUT2D eigenvalue weighted by atomic mass is 9.79. The van der Waals surface area contributed by atoms with Crippen molar-refractivity contribution in [3.63, 3.8) is 0 Å². The van der Waals surface area contributed by atoms with E-state index in [0.29, 0.717) is 46.4 Å². The molecule has 3 saturated heterocycles. The third-order valence-electron chi connectivity index (χ3n) is 8.62. The van der Waals surface area contributed by atoms with E-state index < -0.39 is 11.4 Å². The van der Waals surface area contributed by atoms with Crippen molar-refractivity contribution in [1.82, 2.24) is 25.1 Å². The van der Waals surface area contributed by atoms with E-state index in [2.05, 4.69) is 25.1 Å². The third kappa shape index (κ3) is 6.19. The normalized spacial score (nSPS) is 25.3. The highest BCUT2D eigenvalue weighted by molar-refractivity contribution is 6.30. The van der Waals surface area contributed by atoms with Crippen molar-refractivity contribution in [3.05, 3.63) is 70.1 Å². The summed E-state index contributed by atoms with van der Waals surface area (Å²) in [6, 6.07) is 9.86. The minimum absolute atomic E-state index is 0. The van der Waals surface area contributed by atoms with Gasteiger partial charge >= 0.3 is 6.01 Å². The van der Waals surface area contributed by atoms with Crippen LogP contribution in [0.3, 0.4) is 0 Å². The minimum atomic E-state index is -1.42. The highest BCUT2D eigenvalue weighted by atomic mass is 35.5. The lowest BCUT2D eigenvalue weighted by molar-refractivity contribution is 0.0317. The van der Waals surface area contributed by atoms with E-state index in [9.17, 15) is 5.11 Å². The zero-order valence-corrected chi connectivity index (χ0v) is 25.5. The van der Waals surface area contributed by atoms with Gasteiger partial charge in [0, 0.05) is 84.7 Å². The van der Waals surface area contributed by atoms with Crippen LogP contribution in [0.1, 0.15) is 29.5 Å². The molecule has 7 rings (SSSR count). The standard InChI is InChI=1S/C30H33ClFN5O3.2ClH/c31-21-12-24-25(26(32)13-21)14-30(38,15-28(24)37-17-22-3-4-23(18-37)34-22)20-2-1-19-16-33-29(35-27(19)11-20)40-10-7-36-5-8-39-9-6-36;;/h1-2,11-13,15-16,22-23,34,38H,3-10,14,17-18H2;2*1H/t22-,23+,30-;;/m0../s1. The van der Waals surface area contributed by atoms with Gasteiger partial charge in [-0.05, 0) is 42.7 Å². The molecule has 0 unspecified atom stereocenters. The molecule has 12 heteroatoms. The van der Waals surface area contributed by atoms with Gasteiger partial charge in [-0.3, -0.25) is 4.90 Å². The van der Waals surface area contributed by atoms with Crippen LogP contribution in [-0.4, -0.2) is 89.5 Å². The third-order valence-corrected chi connectivity index (χ3v) is 8.84. The number of fused-ring (bicyclic) bond motifs is 4. The Morgan fingerprint density at radius 2 is 1.88 bits per heavy atom. The number of rotatable bonds is 6. The fourth-order valence-electron chi connectivity index (χ4n) is 6.51. The molecule has 1 aromatic heterocycles. The molecule has 4 aliphatic rings. The summed E-state index contributed by atoms with van der Waals surface area (Å²) < 4.78 is 26.6. The fourth-order valence-corrected chi connectivity index (χ4v) is 6.72. The van der Waals surface area contributed by atoms with Crippen molar-refractivity contribution >= 4 is 53.0 Å². The molecular weight excluding hydrogens is 604 g/mol. The predicted octanol–water partition coefficient (Wildman–Crippen LogP) is 4.20. The molecule has 0 saturated carbocycles. The highest BCUT2D eigenvalue weighted by Gasteiger charge is 2.40.